The normalized spacial score (nSPS) is 24.3. The van der Waals surface area contributed by atoms with Crippen LogP contribution in [0.2, 0.25) is 0 Å². The van der Waals surface area contributed by atoms with Crippen LogP contribution in [0.4, 0.5) is 4.79 Å². The van der Waals surface area contributed by atoms with Crippen molar-refractivity contribution in [1.29, 1.82) is 0 Å². The lowest BCUT2D eigenvalue weighted by Crippen LogP contribution is -2.35. The van der Waals surface area contributed by atoms with E-state index in [1.54, 1.807) is 6.20 Å². The molecule has 0 bridgehead atoms. The van der Waals surface area contributed by atoms with E-state index in [1.807, 2.05) is 46.1 Å². The highest BCUT2D eigenvalue weighted by Crippen LogP contribution is 2.38. The SMILES string of the molecule is O=C(N1CCCC(n2ccnn2)CC1)N1OC1c1ccccc1. The topological polar surface area (TPSA) is 66.6 Å². The lowest BCUT2D eigenvalue weighted by Gasteiger charge is -2.19. The minimum Gasteiger partial charge on any atom is -0.323 e. The number of likely N-dealkylation sites (tertiary alicyclic amines) is 1. The fourth-order valence-corrected chi connectivity index (χ4v) is 3.13. The van der Waals surface area contributed by atoms with Crippen LogP contribution in [0.25, 0.3) is 0 Å². The number of aromatic nitrogens is 3. The van der Waals surface area contributed by atoms with Crippen molar-refractivity contribution in [3.05, 3.63) is 48.3 Å². The molecule has 2 aliphatic heterocycles. The fourth-order valence-electron chi connectivity index (χ4n) is 3.13. The summed E-state index contributed by atoms with van der Waals surface area (Å²) in [6, 6.07) is 10.1. The minimum absolute atomic E-state index is 0.0434. The first-order valence-electron chi connectivity index (χ1n) is 7.98. The maximum absolute atomic E-state index is 12.6. The minimum atomic E-state index is -0.238. The Balaban J connectivity index is 1.37. The zero-order valence-corrected chi connectivity index (χ0v) is 12.8. The second-order valence-electron chi connectivity index (χ2n) is 5.93. The van der Waals surface area contributed by atoms with Crippen LogP contribution in [0, 0.1) is 0 Å². The summed E-state index contributed by atoms with van der Waals surface area (Å²) in [5.74, 6) is 0. The van der Waals surface area contributed by atoms with E-state index in [1.165, 1.54) is 5.06 Å². The summed E-state index contributed by atoms with van der Waals surface area (Å²) in [7, 11) is 0. The molecule has 7 nitrogen and oxygen atoms in total. The van der Waals surface area contributed by atoms with Crippen molar-refractivity contribution in [2.24, 2.45) is 0 Å². The Morgan fingerprint density at radius 2 is 2.04 bits per heavy atom. The van der Waals surface area contributed by atoms with Crippen LogP contribution in [0.5, 0.6) is 0 Å². The molecule has 2 aliphatic rings. The number of amides is 2. The van der Waals surface area contributed by atoms with Gasteiger partial charge in [-0.2, -0.15) is 5.06 Å². The maximum atomic E-state index is 12.6. The molecule has 0 saturated carbocycles. The molecule has 0 radical (unpaired) electrons. The molecule has 2 saturated heterocycles. The molecule has 23 heavy (non-hydrogen) atoms. The quantitative estimate of drug-likeness (QED) is 0.798. The molecule has 2 atom stereocenters. The number of hydrogen-bond acceptors (Lipinski definition) is 4. The first-order chi connectivity index (χ1) is 11.3. The van der Waals surface area contributed by atoms with Crippen molar-refractivity contribution < 1.29 is 9.63 Å². The predicted molar refractivity (Wildman–Crippen MR) is 82.0 cm³/mol. The third kappa shape index (κ3) is 2.92. The zero-order chi connectivity index (χ0) is 15.6. The Labute approximate surface area is 134 Å². The lowest BCUT2D eigenvalue weighted by atomic mass is 10.1. The van der Waals surface area contributed by atoms with E-state index in [0.717, 1.165) is 31.4 Å². The van der Waals surface area contributed by atoms with E-state index < -0.39 is 0 Å². The van der Waals surface area contributed by atoms with E-state index in [0.29, 0.717) is 12.6 Å². The molecule has 1 aromatic heterocycles. The molecule has 2 unspecified atom stereocenters. The van der Waals surface area contributed by atoms with Crippen molar-refractivity contribution in [2.75, 3.05) is 13.1 Å². The molecule has 0 N–H and O–H groups in total. The molecule has 7 heteroatoms. The van der Waals surface area contributed by atoms with E-state index in [-0.39, 0.29) is 12.3 Å². The van der Waals surface area contributed by atoms with Gasteiger partial charge in [0.2, 0.25) is 6.23 Å². The maximum Gasteiger partial charge on any atom is 0.346 e. The first kappa shape index (κ1) is 14.2. The molecule has 0 aliphatic carbocycles. The van der Waals surface area contributed by atoms with Gasteiger partial charge in [-0.3, -0.25) is 0 Å². The molecule has 2 aromatic rings. The van der Waals surface area contributed by atoms with Crippen molar-refractivity contribution >= 4 is 6.03 Å². The van der Waals surface area contributed by atoms with Gasteiger partial charge in [-0.25, -0.2) is 14.3 Å². The third-order valence-electron chi connectivity index (χ3n) is 4.44. The van der Waals surface area contributed by atoms with Crippen LogP contribution in [0.1, 0.15) is 37.1 Å². The van der Waals surface area contributed by atoms with Crippen LogP contribution in [0.15, 0.2) is 42.7 Å². The van der Waals surface area contributed by atoms with Crippen molar-refractivity contribution in [3.63, 3.8) is 0 Å². The number of carbonyl (C=O) groups excluding carboxylic acids is 1. The van der Waals surface area contributed by atoms with Crippen molar-refractivity contribution in [2.45, 2.75) is 31.5 Å². The number of nitrogens with zero attached hydrogens (tertiary/aromatic N) is 5. The summed E-state index contributed by atoms with van der Waals surface area (Å²) < 4.78 is 1.90. The molecular weight excluding hydrogens is 294 g/mol. The van der Waals surface area contributed by atoms with E-state index in [4.69, 9.17) is 4.84 Å². The average Bonchev–Trinajstić information content (AvgIpc) is 3.29. The van der Waals surface area contributed by atoms with E-state index in [9.17, 15) is 4.79 Å². The van der Waals surface area contributed by atoms with Gasteiger partial charge in [0.15, 0.2) is 0 Å². The molecule has 2 fully saturated rings. The van der Waals surface area contributed by atoms with Crippen LogP contribution in [-0.2, 0) is 4.84 Å². The molecule has 3 heterocycles. The molecular formula is C16H19N5O2. The molecule has 4 rings (SSSR count). The number of hydroxylamine groups is 2. The summed E-state index contributed by atoms with van der Waals surface area (Å²) >= 11 is 0. The Kier molecular flexibility index (Phi) is 3.70. The van der Waals surface area contributed by atoms with Crippen LogP contribution >= 0.6 is 0 Å². The smallest absolute Gasteiger partial charge is 0.323 e. The molecule has 1 aromatic carbocycles. The Morgan fingerprint density at radius 1 is 1.17 bits per heavy atom. The van der Waals surface area contributed by atoms with Crippen molar-refractivity contribution in [1.82, 2.24) is 25.0 Å². The zero-order valence-electron chi connectivity index (χ0n) is 12.8. The molecule has 120 valence electrons. The predicted octanol–water partition coefficient (Wildman–Crippen LogP) is 2.37. The summed E-state index contributed by atoms with van der Waals surface area (Å²) in [5, 5.41) is 9.41. The monoisotopic (exact) mass is 313 g/mol. The van der Waals surface area contributed by atoms with Crippen molar-refractivity contribution in [3.8, 4) is 0 Å². The van der Waals surface area contributed by atoms with Gasteiger partial charge < -0.3 is 4.90 Å². The van der Waals surface area contributed by atoms with Gasteiger partial charge in [0.05, 0.1) is 12.2 Å². The highest BCUT2D eigenvalue weighted by molar-refractivity contribution is 5.75. The summed E-state index contributed by atoms with van der Waals surface area (Å²) in [5.41, 5.74) is 1.01. The second-order valence-corrected chi connectivity index (χ2v) is 5.93. The second kappa shape index (κ2) is 6.00. The standard InChI is InChI=1S/C16H19N5O2/c22-16(21-15(23-21)13-5-2-1-3-6-13)19-10-4-7-14(8-11-19)20-12-9-17-18-20/h1-3,5-6,9,12,14-15H,4,7-8,10-11H2. The van der Waals surface area contributed by atoms with E-state index in [2.05, 4.69) is 10.3 Å². The average molecular weight is 313 g/mol. The Hall–Kier alpha value is -2.41. The number of urea groups is 1. The van der Waals surface area contributed by atoms with Gasteiger partial charge >= 0.3 is 6.03 Å². The van der Waals surface area contributed by atoms with Gasteiger partial charge in [-0.15, -0.1) is 5.10 Å². The number of benzene rings is 1. The summed E-state index contributed by atoms with van der Waals surface area (Å²) in [6.07, 6.45) is 6.20. The van der Waals surface area contributed by atoms with Crippen LogP contribution in [0.3, 0.4) is 0 Å². The number of carbonyl (C=O) groups is 1. The number of hydrogen-bond donors (Lipinski definition) is 0. The van der Waals surface area contributed by atoms with Gasteiger partial charge in [0.1, 0.15) is 0 Å². The fraction of sp³-hybridized carbons (Fsp3) is 0.438. The van der Waals surface area contributed by atoms with Gasteiger partial charge in [0, 0.05) is 24.8 Å². The highest BCUT2D eigenvalue weighted by atomic mass is 16.8. The number of rotatable bonds is 2. The third-order valence-corrected chi connectivity index (χ3v) is 4.44. The largest absolute Gasteiger partial charge is 0.346 e. The van der Waals surface area contributed by atoms with Crippen LogP contribution < -0.4 is 0 Å². The summed E-state index contributed by atoms with van der Waals surface area (Å²) in [4.78, 5) is 19.9. The highest BCUT2D eigenvalue weighted by Gasteiger charge is 2.45. The Bertz CT molecular complexity index is 660. The lowest BCUT2D eigenvalue weighted by molar-refractivity contribution is 0.138. The Morgan fingerprint density at radius 3 is 2.83 bits per heavy atom. The van der Waals surface area contributed by atoms with E-state index >= 15 is 0 Å². The van der Waals surface area contributed by atoms with Crippen LogP contribution in [-0.4, -0.2) is 44.1 Å². The first-order valence-corrected chi connectivity index (χ1v) is 7.98. The van der Waals surface area contributed by atoms with Gasteiger partial charge in [-0.05, 0) is 19.3 Å². The summed E-state index contributed by atoms with van der Waals surface area (Å²) in [6.45, 7) is 1.47. The molecule has 2 amide bonds. The molecule has 0 spiro atoms. The van der Waals surface area contributed by atoms with Gasteiger partial charge in [-0.1, -0.05) is 35.5 Å². The van der Waals surface area contributed by atoms with Gasteiger partial charge in [0.25, 0.3) is 0 Å².